The molecule has 10 aromatic carbocycles. The molecule has 1 heteroatoms. The monoisotopic (exact) mass is 608 g/mol. The van der Waals surface area contributed by atoms with Crippen molar-refractivity contribution < 1.29 is 4.79 Å². The SMILES string of the molecule is O=C(c1ccccc1)c1ccc(-c2ccc(-c3cc4ccc5cccc6c7cccc8ccc9cccc(c(c3)c4c56)c9c87)cc2)cc1. The van der Waals surface area contributed by atoms with Gasteiger partial charge in [-0.25, -0.2) is 0 Å². The lowest BCUT2D eigenvalue weighted by atomic mass is 9.86. The number of carbonyl (C=O) groups is 1. The van der Waals surface area contributed by atoms with Crippen LogP contribution in [-0.4, -0.2) is 5.78 Å². The number of hydrogen-bond acceptors (Lipinski definition) is 1. The maximum absolute atomic E-state index is 12.9. The van der Waals surface area contributed by atoms with Crippen molar-refractivity contribution in [2.24, 2.45) is 0 Å². The van der Waals surface area contributed by atoms with E-state index in [0.29, 0.717) is 11.1 Å². The quantitative estimate of drug-likeness (QED) is 0.143. The number of carbonyl (C=O) groups excluding carboxylic acids is 1. The van der Waals surface area contributed by atoms with Crippen LogP contribution in [0.15, 0.2) is 170 Å². The molecule has 0 fully saturated rings. The van der Waals surface area contributed by atoms with E-state index in [9.17, 15) is 4.79 Å². The summed E-state index contributed by atoms with van der Waals surface area (Å²) in [7, 11) is 0. The first kappa shape index (κ1) is 26.9. The zero-order chi connectivity index (χ0) is 31.8. The third kappa shape index (κ3) is 4.01. The Morgan fingerprint density at radius 3 is 1.25 bits per heavy atom. The fourth-order valence-electron chi connectivity index (χ4n) is 7.88. The second kappa shape index (κ2) is 10.4. The van der Waals surface area contributed by atoms with E-state index >= 15 is 0 Å². The lowest BCUT2D eigenvalue weighted by Gasteiger charge is -2.17. The molecule has 10 rings (SSSR count). The van der Waals surface area contributed by atoms with Crippen molar-refractivity contribution in [1.82, 2.24) is 0 Å². The molecular weight excluding hydrogens is 581 g/mol. The minimum atomic E-state index is 0.0413. The molecule has 222 valence electrons. The van der Waals surface area contributed by atoms with E-state index in [4.69, 9.17) is 0 Å². The van der Waals surface area contributed by atoms with Gasteiger partial charge in [-0.3, -0.25) is 4.79 Å². The van der Waals surface area contributed by atoms with Crippen LogP contribution >= 0.6 is 0 Å². The van der Waals surface area contributed by atoms with Gasteiger partial charge < -0.3 is 0 Å². The molecule has 0 saturated heterocycles. The largest absolute Gasteiger partial charge is 0.289 e. The molecular formula is C47H28O. The van der Waals surface area contributed by atoms with Gasteiger partial charge >= 0.3 is 0 Å². The van der Waals surface area contributed by atoms with Crippen molar-refractivity contribution in [3.8, 4) is 22.3 Å². The molecule has 0 aliphatic heterocycles. The van der Waals surface area contributed by atoms with Crippen molar-refractivity contribution in [3.63, 3.8) is 0 Å². The van der Waals surface area contributed by atoms with Gasteiger partial charge in [-0.1, -0.05) is 158 Å². The first-order chi connectivity index (χ1) is 23.7. The number of hydrogen-bond donors (Lipinski definition) is 0. The molecule has 0 unspecified atom stereocenters. The van der Waals surface area contributed by atoms with E-state index in [0.717, 1.165) is 11.1 Å². The lowest BCUT2D eigenvalue weighted by molar-refractivity contribution is 0.103. The number of ketones is 1. The van der Waals surface area contributed by atoms with Crippen molar-refractivity contribution >= 4 is 70.4 Å². The molecule has 0 atom stereocenters. The summed E-state index contributed by atoms with van der Waals surface area (Å²) in [6.45, 7) is 0. The summed E-state index contributed by atoms with van der Waals surface area (Å²) >= 11 is 0. The van der Waals surface area contributed by atoms with Crippen LogP contribution in [0.3, 0.4) is 0 Å². The summed E-state index contributed by atoms with van der Waals surface area (Å²) in [6, 6.07) is 60.3. The van der Waals surface area contributed by atoms with E-state index in [1.165, 1.54) is 75.8 Å². The Labute approximate surface area is 277 Å². The van der Waals surface area contributed by atoms with Gasteiger partial charge in [0.1, 0.15) is 0 Å². The van der Waals surface area contributed by atoms with Gasteiger partial charge in [0.2, 0.25) is 0 Å². The summed E-state index contributed by atoms with van der Waals surface area (Å²) in [6.07, 6.45) is 0. The minimum absolute atomic E-state index is 0.0413. The maximum Gasteiger partial charge on any atom is 0.193 e. The molecule has 0 aromatic heterocycles. The van der Waals surface area contributed by atoms with Crippen LogP contribution < -0.4 is 0 Å². The van der Waals surface area contributed by atoms with Crippen LogP contribution in [0.5, 0.6) is 0 Å². The van der Waals surface area contributed by atoms with Crippen molar-refractivity contribution in [2.45, 2.75) is 0 Å². The summed E-state index contributed by atoms with van der Waals surface area (Å²) in [5.74, 6) is 0.0413. The van der Waals surface area contributed by atoms with Crippen LogP contribution in [-0.2, 0) is 0 Å². The molecule has 10 aromatic rings. The highest BCUT2D eigenvalue weighted by atomic mass is 16.1. The summed E-state index contributed by atoms with van der Waals surface area (Å²) in [5.41, 5.74) is 5.98. The Balaban J connectivity index is 1.16. The molecule has 48 heavy (non-hydrogen) atoms. The predicted molar refractivity (Wildman–Crippen MR) is 203 cm³/mol. The van der Waals surface area contributed by atoms with Crippen LogP contribution in [0.4, 0.5) is 0 Å². The Hall–Kier alpha value is -6.31. The first-order valence-corrected chi connectivity index (χ1v) is 16.5. The van der Waals surface area contributed by atoms with E-state index in [1.807, 2.05) is 54.6 Å². The van der Waals surface area contributed by atoms with Gasteiger partial charge in [-0.2, -0.15) is 0 Å². The Morgan fingerprint density at radius 2 is 0.708 bits per heavy atom. The fraction of sp³-hybridized carbons (Fsp3) is 0. The highest BCUT2D eigenvalue weighted by Gasteiger charge is 2.16. The predicted octanol–water partition coefficient (Wildman–Crippen LogP) is 12.6. The molecule has 0 spiro atoms. The third-order valence-corrected chi connectivity index (χ3v) is 10.2. The number of rotatable bonds is 4. The topological polar surface area (TPSA) is 17.1 Å². The molecule has 0 saturated carbocycles. The van der Waals surface area contributed by atoms with Crippen LogP contribution in [0, 0.1) is 0 Å². The average Bonchev–Trinajstić information content (AvgIpc) is 3.16. The van der Waals surface area contributed by atoms with E-state index in [2.05, 4.69) is 115 Å². The van der Waals surface area contributed by atoms with E-state index < -0.39 is 0 Å². The molecule has 0 radical (unpaired) electrons. The number of benzene rings is 9. The molecule has 0 heterocycles. The highest BCUT2D eigenvalue weighted by molar-refractivity contribution is 6.37. The molecule has 0 aliphatic carbocycles. The fourth-order valence-corrected chi connectivity index (χ4v) is 7.88. The third-order valence-electron chi connectivity index (χ3n) is 10.2. The zero-order valence-corrected chi connectivity index (χ0v) is 26.1. The normalized spacial score (nSPS) is 11.8. The van der Waals surface area contributed by atoms with E-state index in [-0.39, 0.29) is 5.78 Å². The number of fused-ring (bicyclic) bond motifs is 2. The summed E-state index contributed by atoms with van der Waals surface area (Å²) < 4.78 is 0. The van der Waals surface area contributed by atoms with Gasteiger partial charge in [0.25, 0.3) is 0 Å². The molecule has 0 amide bonds. The van der Waals surface area contributed by atoms with Gasteiger partial charge in [0.05, 0.1) is 0 Å². The molecule has 1 nitrogen and oxygen atoms in total. The van der Waals surface area contributed by atoms with Crippen LogP contribution in [0.2, 0.25) is 0 Å². The lowest BCUT2D eigenvalue weighted by Crippen LogP contribution is -2.00. The van der Waals surface area contributed by atoms with Gasteiger partial charge in [0, 0.05) is 11.1 Å². The second-order valence-electron chi connectivity index (χ2n) is 12.8. The minimum Gasteiger partial charge on any atom is -0.289 e. The second-order valence-corrected chi connectivity index (χ2v) is 12.8. The van der Waals surface area contributed by atoms with Crippen molar-refractivity contribution in [3.05, 3.63) is 181 Å². The highest BCUT2D eigenvalue weighted by Crippen LogP contribution is 2.44. The summed E-state index contributed by atoms with van der Waals surface area (Å²) in [5, 5.41) is 15.5. The van der Waals surface area contributed by atoms with Crippen LogP contribution in [0.25, 0.3) is 86.9 Å². The van der Waals surface area contributed by atoms with Gasteiger partial charge in [-0.05, 0) is 99.0 Å². The summed E-state index contributed by atoms with van der Waals surface area (Å²) in [4.78, 5) is 12.9. The van der Waals surface area contributed by atoms with Gasteiger partial charge in [-0.15, -0.1) is 0 Å². The van der Waals surface area contributed by atoms with Crippen molar-refractivity contribution in [1.29, 1.82) is 0 Å². The van der Waals surface area contributed by atoms with Crippen molar-refractivity contribution in [2.75, 3.05) is 0 Å². The molecule has 0 N–H and O–H groups in total. The smallest absolute Gasteiger partial charge is 0.193 e. The van der Waals surface area contributed by atoms with E-state index in [1.54, 1.807) is 0 Å². The van der Waals surface area contributed by atoms with Crippen LogP contribution in [0.1, 0.15) is 15.9 Å². The standard InChI is InChI=1S/C47H28O/c48-47(35-7-2-1-3-8-35)36-24-19-30(20-25-36)29-15-17-31(18-16-29)38-27-37-26-23-34-10-5-13-40-39-12-4-9-32-21-22-33-11-6-14-41(45(33)43(32)39)42(28-38)46(37)44(34)40/h1-28H. The molecule has 0 bridgehead atoms. The van der Waals surface area contributed by atoms with Gasteiger partial charge in [0.15, 0.2) is 5.78 Å². The Kier molecular flexibility index (Phi) is 5.79. The molecule has 0 aliphatic rings. The average molecular weight is 609 g/mol. The Bertz CT molecular complexity index is 2860. The maximum atomic E-state index is 12.9. The Morgan fingerprint density at radius 1 is 0.292 bits per heavy atom. The zero-order valence-electron chi connectivity index (χ0n) is 26.1. The first-order valence-electron chi connectivity index (χ1n) is 16.5.